The van der Waals surface area contributed by atoms with Crippen LogP contribution in [0.5, 0.6) is 5.75 Å². The minimum absolute atomic E-state index is 0.103. The standard InChI is InChI=1S/C35H47N5O3/c1-4-26(41)11-6-5-7-12-29(39-34(42)28-21-35(28)15-17-40(18-16-35)25-9-8-10-25)33-36-22-31(38-33)27-19-24-14-13-23(2)37-30(24)20-32(27)43-3/h13-14,19-20,22,25,28-29H,4-12,15-18,21H2,1-3H3,(H,36,38)(H,39,42)/t28-,29?/m1/s1. The van der Waals surface area contributed by atoms with Crippen molar-refractivity contribution in [2.75, 3.05) is 20.2 Å². The second-order valence-corrected chi connectivity index (χ2v) is 13.2. The van der Waals surface area contributed by atoms with Crippen molar-refractivity contribution in [3.8, 4) is 17.0 Å². The van der Waals surface area contributed by atoms with E-state index in [2.05, 4.69) is 32.3 Å². The van der Waals surface area contributed by atoms with Gasteiger partial charge in [-0.05, 0) is 82.5 Å². The lowest BCUT2D eigenvalue weighted by molar-refractivity contribution is -0.124. The summed E-state index contributed by atoms with van der Waals surface area (Å²) >= 11 is 0. The van der Waals surface area contributed by atoms with Gasteiger partial charge >= 0.3 is 0 Å². The Kier molecular flexibility index (Phi) is 8.85. The Bertz CT molecular complexity index is 1450. The van der Waals surface area contributed by atoms with Crippen molar-refractivity contribution in [1.29, 1.82) is 0 Å². The number of piperidine rings is 1. The number of hydrogen-bond donors (Lipinski definition) is 2. The smallest absolute Gasteiger partial charge is 0.224 e. The first kappa shape index (κ1) is 29.8. The first-order valence-electron chi connectivity index (χ1n) is 16.5. The predicted molar refractivity (Wildman–Crippen MR) is 169 cm³/mol. The summed E-state index contributed by atoms with van der Waals surface area (Å²) in [5, 5.41) is 4.44. The number of carbonyl (C=O) groups excluding carboxylic acids is 2. The average molecular weight is 586 g/mol. The monoisotopic (exact) mass is 585 g/mol. The zero-order valence-electron chi connectivity index (χ0n) is 26.1. The average Bonchev–Trinajstić information content (AvgIpc) is 3.46. The molecule has 1 aliphatic heterocycles. The van der Waals surface area contributed by atoms with Gasteiger partial charge in [0, 0.05) is 47.5 Å². The van der Waals surface area contributed by atoms with Crippen molar-refractivity contribution in [2.24, 2.45) is 11.3 Å². The molecule has 1 spiro atoms. The van der Waals surface area contributed by atoms with Crippen LogP contribution in [0.1, 0.15) is 102 Å². The molecule has 2 atom stereocenters. The van der Waals surface area contributed by atoms with E-state index in [1.165, 1.54) is 19.3 Å². The molecule has 3 fully saturated rings. The Morgan fingerprint density at radius 3 is 2.70 bits per heavy atom. The van der Waals surface area contributed by atoms with Crippen LogP contribution in [0, 0.1) is 18.3 Å². The lowest BCUT2D eigenvalue weighted by Gasteiger charge is -2.42. The van der Waals surface area contributed by atoms with E-state index in [0.29, 0.717) is 18.6 Å². The zero-order chi connectivity index (χ0) is 30.0. The number of ether oxygens (including phenoxy) is 1. The van der Waals surface area contributed by atoms with E-state index < -0.39 is 0 Å². The number of imidazole rings is 1. The van der Waals surface area contributed by atoms with Gasteiger partial charge in [-0.15, -0.1) is 0 Å². The number of pyridine rings is 1. The first-order valence-corrected chi connectivity index (χ1v) is 16.5. The Labute approximate surface area is 255 Å². The Balaban J connectivity index is 1.16. The SMILES string of the molecule is CCC(=O)CCCCCC(NC(=O)[C@H]1CC12CCN(C1CCC1)CC2)c1ncc(-c2cc3ccc(C)nc3cc2OC)[nH]1. The number of aryl methyl sites for hydroxylation is 1. The Morgan fingerprint density at radius 2 is 1.98 bits per heavy atom. The molecule has 3 aromatic rings. The molecule has 0 radical (unpaired) electrons. The number of nitrogens with zero attached hydrogens (tertiary/aromatic N) is 3. The minimum Gasteiger partial charge on any atom is -0.496 e. The Morgan fingerprint density at radius 1 is 1.16 bits per heavy atom. The van der Waals surface area contributed by atoms with Gasteiger partial charge in [0.15, 0.2) is 0 Å². The van der Waals surface area contributed by atoms with Gasteiger partial charge in [-0.2, -0.15) is 0 Å². The quantitative estimate of drug-likeness (QED) is 0.217. The third-order valence-corrected chi connectivity index (χ3v) is 10.4. The van der Waals surface area contributed by atoms with E-state index in [9.17, 15) is 9.59 Å². The molecule has 0 bridgehead atoms. The summed E-state index contributed by atoms with van der Waals surface area (Å²) in [6.45, 7) is 6.18. The number of ketones is 1. The molecule has 1 aromatic carbocycles. The van der Waals surface area contributed by atoms with Crippen LogP contribution in [-0.4, -0.2) is 57.8 Å². The number of aromatic amines is 1. The summed E-state index contributed by atoms with van der Waals surface area (Å²) < 4.78 is 5.75. The fourth-order valence-corrected chi connectivity index (χ4v) is 7.21. The number of rotatable bonds is 13. The van der Waals surface area contributed by atoms with Gasteiger partial charge in [0.1, 0.15) is 17.4 Å². The molecular weight excluding hydrogens is 538 g/mol. The third-order valence-electron chi connectivity index (χ3n) is 10.4. The Hall–Kier alpha value is -3.26. The van der Waals surface area contributed by atoms with Crippen LogP contribution in [0.4, 0.5) is 0 Å². The van der Waals surface area contributed by atoms with Crippen molar-refractivity contribution in [3.63, 3.8) is 0 Å². The number of unbranched alkanes of at least 4 members (excludes halogenated alkanes) is 2. The second-order valence-electron chi connectivity index (χ2n) is 13.2. The molecule has 3 aliphatic rings. The maximum Gasteiger partial charge on any atom is 0.224 e. The highest BCUT2D eigenvalue weighted by atomic mass is 16.5. The number of Topliss-reactive ketones (excluding diaryl/α,β-unsaturated/α-hetero) is 1. The number of H-pyrrole nitrogens is 1. The number of fused-ring (bicyclic) bond motifs is 1. The zero-order valence-corrected chi connectivity index (χ0v) is 26.1. The summed E-state index contributed by atoms with van der Waals surface area (Å²) in [4.78, 5) is 41.1. The highest BCUT2D eigenvalue weighted by Crippen LogP contribution is 2.60. The molecule has 8 heteroatoms. The molecule has 43 heavy (non-hydrogen) atoms. The summed E-state index contributed by atoms with van der Waals surface area (Å²) in [6, 6.07) is 8.73. The number of hydrogen-bond acceptors (Lipinski definition) is 6. The molecule has 3 heterocycles. The van der Waals surface area contributed by atoms with Gasteiger partial charge < -0.3 is 19.9 Å². The number of methoxy groups -OCH3 is 1. The second kappa shape index (κ2) is 12.8. The third kappa shape index (κ3) is 6.49. The van der Waals surface area contributed by atoms with Crippen LogP contribution in [0.3, 0.4) is 0 Å². The van der Waals surface area contributed by atoms with Gasteiger partial charge in [0.05, 0.1) is 30.6 Å². The van der Waals surface area contributed by atoms with Gasteiger partial charge in [-0.1, -0.05) is 32.3 Å². The van der Waals surface area contributed by atoms with Crippen LogP contribution >= 0.6 is 0 Å². The number of aromatic nitrogens is 3. The van der Waals surface area contributed by atoms with Crippen molar-refractivity contribution in [2.45, 2.75) is 103 Å². The molecule has 1 unspecified atom stereocenters. The van der Waals surface area contributed by atoms with Gasteiger partial charge in [-0.3, -0.25) is 14.6 Å². The molecular formula is C35H47N5O3. The molecule has 230 valence electrons. The van der Waals surface area contributed by atoms with E-state index >= 15 is 0 Å². The van der Waals surface area contributed by atoms with Crippen LogP contribution < -0.4 is 10.1 Å². The summed E-state index contributed by atoms with van der Waals surface area (Å²) in [5.74, 6) is 2.09. The lowest BCUT2D eigenvalue weighted by Crippen LogP contribution is -2.46. The summed E-state index contributed by atoms with van der Waals surface area (Å²) in [6.07, 6.45) is 14.0. The first-order chi connectivity index (χ1) is 20.9. The van der Waals surface area contributed by atoms with Crippen molar-refractivity contribution < 1.29 is 14.3 Å². The highest BCUT2D eigenvalue weighted by Gasteiger charge is 2.59. The molecule has 2 saturated carbocycles. The number of carbonyl (C=O) groups is 2. The van der Waals surface area contributed by atoms with Crippen LogP contribution in [-0.2, 0) is 9.59 Å². The van der Waals surface area contributed by atoms with E-state index in [-0.39, 0.29) is 23.3 Å². The lowest BCUT2D eigenvalue weighted by atomic mass is 9.85. The number of amides is 1. The summed E-state index contributed by atoms with van der Waals surface area (Å²) in [7, 11) is 1.67. The number of benzene rings is 1. The number of nitrogens with one attached hydrogen (secondary N) is 2. The number of likely N-dealkylation sites (tertiary alicyclic amines) is 1. The van der Waals surface area contributed by atoms with Crippen molar-refractivity contribution in [1.82, 2.24) is 25.2 Å². The molecule has 8 nitrogen and oxygen atoms in total. The van der Waals surface area contributed by atoms with Crippen molar-refractivity contribution >= 4 is 22.6 Å². The van der Waals surface area contributed by atoms with Crippen LogP contribution in [0.25, 0.3) is 22.2 Å². The topological polar surface area (TPSA) is 100 Å². The maximum atomic E-state index is 13.7. The van der Waals surface area contributed by atoms with Crippen LogP contribution in [0.15, 0.2) is 30.5 Å². The fourth-order valence-electron chi connectivity index (χ4n) is 7.21. The van der Waals surface area contributed by atoms with Gasteiger partial charge in [0.2, 0.25) is 5.91 Å². The van der Waals surface area contributed by atoms with E-state index in [1.54, 1.807) is 7.11 Å². The van der Waals surface area contributed by atoms with Gasteiger partial charge in [-0.25, -0.2) is 4.98 Å². The normalized spacial score (nSPS) is 20.6. The fraction of sp³-hybridized carbons (Fsp3) is 0.600. The molecule has 2 N–H and O–H groups in total. The van der Waals surface area contributed by atoms with Crippen molar-refractivity contribution in [3.05, 3.63) is 42.0 Å². The molecule has 2 aromatic heterocycles. The molecule has 2 aliphatic carbocycles. The minimum atomic E-state index is -0.202. The molecule has 1 saturated heterocycles. The predicted octanol–water partition coefficient (Wildman–Crippen LogP) is 6.68. The highest BCUT2D eigenvalue weighted by molar-refractivity contribution is 5.87. The maximum absolute atomic E-state index is 13.7. The molecule has 6 rings (SSSR count). The molecule has 1 amide bonds. The van der Waals surface area contributed by atoms with Gasteiger partial charge in [0.25, 0.3) is 0 Å². The van der Waals surface area contributed by atoms with E-state index in [4.69, 9.17) is 9.72 Å². The van der Waals surface area contributed by atoms with Crippen LogP contribution in [0.2, 0.25) is 0 Å². The summed E-state index contributed by atoms with van der Waals surface area (Å²) in [5.41, 5.74) is 3.82. The largest absolute Gasteiger partial charge is 0.496 e. The van der Waals surface area contributed by atoms with E-state index in [0.717, 1.165) is 104 Å². The van der Waals surface area contributed by atoms with E-state index in [1.807, 2.05) is 32.2 Å².